The summed E-state index contributed by atoms with van der Waals surface area (Å²) in [5.74, 6) is 0.774. The summed E-state index contributed by atoms with van der Waals surface area (Å²) in [5.41, 5.74) is 0.963. The Labute approximate surface area is 132 Å². The number of rotatable bonds is 4. The van der Waals surface area contributed by atoms with Crippen LogP contribution < -0.4 is 0 Å². The first-order chi connectivity index (χ1) is 9.81. The Morgan fingerprint density at radius 2 is 1.76 bits per heavy atom. The third kappa shape index (κ3) is 3.82. The van der Waals surface area contributed by atoms with E-state index in [1.807, 2.05) is 0 Å². The van der Waals surface area contributed by atoms with Gasteiger partial charge in [-0.3, -0.25) is 4.90 Å². The molecule has 0 spiro atoms. The topological polar surface area (TPSA) is 23.5 Å². The highest BCUT2D eigenvalue weighted by Crippen LogP contribution is 2.43. The van der Waals surface area contributed by atoms with Crippen LogP contribution in [0.4, 0.5) is 0 Å². The number of piperidine rings is 1. The Morgan fingerprint density at radius 3 is 2.29 bits per heavy atom. The van der Waals surface area contributed by atoms with Crippen molar-refractivity contribution in [2.45, 2.75) is 91.7 Å². The Morgan fingerprint density at radius 1 is 1.14 bits per heavy atom. The molecule has 2 heteroatoms. The summed E-state index contributed by atoms with van der Waals surface area (Å²) in [5, 5.41) is 10.5. The molecule has 1 aliphatic carbocycles. The van der Waals surface area contributed by atoms with Crippen molar-refractivity contribution in [3.05, 3.63) is 0 Å². The molecule has 0 aromatic carbocycles. The van der Waals surface area contributed by atoms with Gasteiger partial charge in [0.1, 0.15) is 0 Å². The van der Waals surface area contributed by atoms with Gasteiger partial charge in [0.15, 0.2) is 0 Å². The second-order valence-electron chi connectivity index (χ2n) is 8.69. The first-order valence-electron chi connectivity index (χ1n) is 9.23. The zero-order valence-corrected chi connectivity index (χ0v) is 15.0. The van der Waals surface area contributed by atoms with E-state index in [1.165, 1.54) is 51.6 Å². The molecule has 3 unspecified atom stereocenters. The van der Waals surface area contributed by atoms with Crippen molar-refractivity contribution >= 4 is 0 Å². The van der Waals surface area contributed by atoms with Crippen LogP contribution in [0, 0.1) is 16.7 Å². The minimum Gasteiger partial charge on any atom is -0.391 e. The minimum atomic E-state index is -0.0973. The largest absolute Gasteiger partial charge is 0.391 e. The molecule has 0 amide bonds. The summed E-state index contributed by atoms with van der Waals surface area (Å²) in [6, 6.07) is 0.413. The maximum atomic E-state index is 10.5. The summed E-state index contributed by atoms with van der Waals surface area (Å²) in [4.78, 5) is 2.61. The fourth-order valence-electron chi connectivity index (χ4n) is 4.27. The van der Waals surface area contributed by atoms with Gasteiger partial charge in [-0.25, -0.2) is 0 Å². The Hall–Kier alpha value is -0.0800. The lowest BCUT2D eigenvalue weighted by atomic mass is 9.67. The van der Waals surface area contributed by atoms with Crippen molar-refractivity contribution in [3.8, 4) is 0 Å². The zero-order valence-electron chi connectivity index (χ0n) is 15.0. The van der Waals surface area contributed by atoms with E-state index >= 15 is 0 Å². The lowest BCUT2D eigenvalue weighted by molar-refractivity contribution is -0.0403. The van der Waals surface area contributed by atoms with Crippen LogP contribution in [-0.2, 0) is 0 Å². The molecular formula is C19H37NO. The van der Waals surface area contributed by atoms with Crippen LogP contribution in [0.2, 0.25) is 0 Å². The third-order valence-corrected chi connectivity index (χ3v) is 7.13. The number of hydrogen-bond acceptors (Lipinski definition) is 2. The standard InChI is InChI=1S/C19H37NO/c1-6-18(3,4)15-8-9-17(21)16(14-15)20-12-10-19(5,7-2)11-13-20/h15-17,21H,6-14H2,1-5H3. The molecule has 1 N–H and O–H groups in total. The van der Waals surface area contributed by atoms with E-state index in [1.54, 1.807) is 0 Å². The van der Waals surface area contributed by atoms with Gasteiger partial charge in [0.05, 0.1) is 6.10 Å². The average Bonchev–Trinajstić information content (AvgIpc) is 2.48. The lowest BCUT2D eigenvalue weighted by Crippen LogP contribution is -2.52. The molecule has 2 nitrogen and oxygen atoms in total. The van der Waals surface area contributed by atoms with Crippen LogP contribution in [0.15, 0.2) is 0 Å². The SMILES string of the molecule is CCC1(C)CCN(C2CC(C(C)(C)CC)CCC2O)CC1. The van der Waals surface area contributed by atoms with Gasteiger partial charge in [0.25, 0.3) is 0 Å². The first-order valence-corrected chi connectivity index (χ1v) is 9.23. The van der Waals surface area contributed by atoms with Crippen molar-refractivity contribution in [1.82, 2.24) is 4.90 Å². The summed E-state index contributed by atoms with van der Waals surface area (Å²) in [6.07, 6.45) is 8.45. The highest BCUT2D eigenvalue weighted by Gasteiger charge is 2.40. The van der Waals surface area contributed by atoms with Gasteiger partial charge in [-0.15, -0.1) is 0 Å². The van der Waals surface area contributed by atoms with Gasteiger partial charge < -0.3 is 5.11 Å². The van der Waals surface area contributed by atoms with E-state index in [-0.39, 0.29) is 6.10 Å². The second-order valence-corrected chi connectivity index (χ2v) is 8.69. The molecule has 3 atom stereocenters. The molecule has 0 radical (unpaired) electrons. The molecule has 1 saturated carbocycles. The second kappa shape index (κ2) is 6.58. The number of likely N-dealkylation sites (tertiary alicyclic amines) is 1. The van der Waals surface area contributed by atoms with Gasteiger partial charge in [0, 0.05) is 6.04 Å². The molecule has 2 fully saturated rings. The molecule has 0 aromatic heterocycles. The first kappa shape index (κ1) is 17.3. The normalized spacial score (nSPS) is 34.9. The van der Waals surface area contributed by atoms with E-state index in [0.717, 1.165) is 12.3 Å². The number of aliphatic hydroxyl groups excluding tert-OH is 1. The van der Waals surface area contributed by atoms with Crippen LogP contribution in [0.25, 0.3) is 0 Å². The zero-order chi connectivity index (χ0) is 15.7. The predicted molar refractivity (Wildman–Crippen MR) is 90.4 cm³/mol. The maximum absolute atomic E-state index is 10.5. The Kier molecular flexibility index (Phi) is 5.41. The molecule has 124 valence electrons. The molecule has 0 bridgehead atoms. The fourth-order valence-corrected chi connectivity index (χ4v) is 4.27. The van der Waals surface area contributed by atoms with Crippen LogP contribution in [0.5, 0.6) is 0 Å². The van der Waals surface area contributed by atoms with Crippen LogP contribution in [0.1, 0.15) is 79.6 Å². The van der Waals surface area contributed by atoms with Crippen molar-refractivity contribution in [2.24, 2.45) is 16.7 Å². The van der Waals surface area contributed by atoms with Gasteiger partial charge in [0.2, 0.25) is 0 Å². The highest BCUT2D eigenvalue weighted by molar-refractivity contribution is 4.94. The molecule has 1 aliphatic heterocycles. The van der Waals surface area contributed by atoms with Crippen molar-refractivity contribution in [1.29, 1.82) is 0 Å². The molecule has 1 heterocycles. The highest BCUT2D eigenvalue weighted by atomic mass is 16.3. The van der Waals surface area contributed by atoms with E-state index in [0.29, 0.717) is 16.9 Å². The summed E-state index contributed by atoms with van der Waals surface area (Å²) in [7, 11) is 0. The van der Waals surface area contributed by atoms with Crippen LogP contribution >= 0.6 is 0 Å². The van der Waals surface area contributed by atoms with Crippen LogP contribution in [0.3, 0.4) is 0 Å². The lowest BCUT2D eigenvalue weighted by Gasteiger charge is -2.48. The fraction of sp³-hybridized carbons (Fsp3) is 1.00. The van der Waals surface area contributed by atoms with Gasteiger partial charge in [-0.05, 0) is 61.9 Å². The van der Waals surface area contributed by atoms with E-state index in [9.17, 15) is 5.11 Å². The van der Waals surface area contributed by atoms with E-state index in [2.05, 4.69) is 39.5 Å². The molecule has 2 aliphatic rings. The number of aliphatic hydroxyl groups is 1. The maximum Gasteiger partial charge on any atom is 0.0695 e. The van der Waals surface area contributed by atoms with Crippen molar-refractivity contribution in [3.63, 3.8) is 0 Å². The van der Waals surface area contributed by atoms with Crippen LogP contribution in [-0.4, -0.2) is 35.2 Å². The van der Waals surface area contributed by atoms with Gasteiger partial charge in [-0.1, -0.05) is 47.5 Å². The van der Waals surface area contributed by atoms with Gasteiger partial charge in [-0.2, -0.15) is 0 Å². The Balaban J connectivity index is 1.98. The summed E-state index contributed by atoms with van der Waals surface area (Å²) >= 11 is 0. The predicted octanol–water partition coefficient (Wildman–Crippen LogP) is 4.46. The number of nitrogens with zero attached hydrogens (tertiary/aromatic N) is 1. The molecule has 0 aromatic rings. The van der Waals surface area contributed by atoms with Crippen molar-refractivity contribution in [2.75, 3.05) is 13.1 Å². The molecular weight excluding hydrogens is 258 g/mol. The monoisotopic (exact) mass is 295 g/mol. The van der Waals surface area contributed by atoms with E-state index in [4.69, 9.17) is 0 Å². The van der Waals surface area contributed by atoms with Crippen molar-refractivity contribution < 1.29 is 5.11 Å². The summed E-state index contributed by atoms with van der Waals surface area (Å²) in [6.45, 7) is 14.3. The van der Waals surface area contributed by atoms with Gasteiger partial charge >= 0.3 is 0 Å². The number of hydrogen-bond donors (Lipinski definition) is 1. The summed E-state index contributed by atoms with van der Waals surface area (Å²) < 4.78 is 0. The quantitative estimate of drug-likeness (QED) is 0.827. The molecule has 2 rings (SSSR count). The van der Waals surface area contributed by atoms with E-state index < -0.39 is 0 Å². The molecule has 1 saturated heterocycles. The average molecular weight is 296 g/mol. The smallest absolute Gasteiger partial charge is 0.0695 e. The minimum absolute atomic E-state index is 0.0973. The third-order valence-electron chi connectivity index (χ3n) is 7.13. The Bertz CT molecular complexity index is 330. The molecule has 21 heavy (non-hydrogen) atoms.